The van der Waals surface area contributed by atoms with E-state index in [0.717, 1.165) is 5.56 Å². The first kappa shape index (κ1) is 35.5. The molecule has 0 bridgehead atoms. The molecule has 1 aromatic rings. The van der Waals surface area contributed by atoms with Gasteiger partial charge in [0.1, 0.15) is 17.0 Å². The molecular formula is C28H44ClN5O7. The Morgan fingerprint density at radius 1 is 0.951 bits per heavy atom. The number of likely N-dealkylation sites (N-methyl/N-ethyl adjacent to an activating group) is 1. The zero-order valence-corrected chi connectivity index (χ0v) is 26.0. The zero-order chi connectivity index (χ0) is 31.2. The molecule has 0 heterocycles. The molecule has 0 aliphatic carbocycles. The number of nitrogens with zero attached hydrogens (tertiary/aromatic N) is 2. The second kappa shape index (κ2) is 16.7. The number of carbonyl (C=O) groups is 4. The van der Waals surface area contributed by atoms with E-state index in [2.05, 4.69) is 20.9 Å². The van der Waals surface area contributed by atoms with Crippen LogP contribution in [0.25, 0.3) is 0 Å². The fourth-order valence-electron chi connectivity index (χ4n) is 3.07. The fourth-order valence-corrected chi connectivity index (χ4v) is 3.25. The van der Waals surface area contributed by atoms with E-state index in [1.807, 2.05) is 0 Å². The molecular weight excluding hydrogens is 554 g/mol. The molecule has 0 saturated heterocycles. The standard InChI is InChI=1S/C28H44ClN5O7/c1-19(22(35)30-16-17-34(8)26(38)39-21-13-11-20(18-29)12-14-21)10-9-15-31-23(32-24(36)40-27(2,3)4)33-25(37)41-28(5,6)7/h11-14,19H,9-10,15-18H2,1-8H3,(H,30,35)(H2,31,32,33,36,37)/t19-/m0/s1. The van der Waals surface area contributed by atoms with Gasteiger partial charge in [0.05, 0.1) is 0 Å². The molecule has 0 aliphatic heterocycles. The summed E-state index contributed by atoms with van der Waals surface area (Å²) in [6.45, 7) is 12.9. The molecule has 41 heavy (non-hydrogen) atoms. The number of carbonyl (C=O) groups excluding carboxylic acids is 4. The summed E-state index contributed by atoms with van der Waals surface area (Å²) < 4.78 is 15.7. The molecule has 0 aromatic heterocycles. The number of alkyl carbamates (subject to hydrolysis) is 1. The van der Waals surface area contributed by atoms with Crippen LogP contribution in [-0.4, -0.2) is 72.9 Å². The van der Waals surface area contributed by atoms with E-state index < -0.39 is 29.5 Å². The van der Waals surface area contributed by atoms with Gasteiger partial charge in [-0.2, -0.15) is 0 Å². The third kappa shape index (κ3) is 16.3. The quantitative estimate of drug-likeness (QED) is 0.151. The number of benzene rings is 1. The van der Waals surface area contributed by atoms with E-state index in [-0.39, 0.29) is 30.9 Å². The third-order valence-corrected chi connectivity index (χ3v) is 5.42. The van der Waals surface area contributed by atoms with Crippen molar-refractivity contribution in [3.05, 3.63) is 29.8 Å². The van der Waals surface area contributed by atoms with Crippen LogP contribution >= 0.6 is 11.6 Å². The number of aliphatic imine (C=N–C) groups is 1. The van der Waals surface area contributed by atoms with Crippen LogP contribution in [0.5, 0.6) is 5.75 Å². The van der Waals surface area contributed by atoms with E-state index in [9.17, 15) is 19.2 Å². The van der Waals surface area contributed by atoms with E-state index in [1.165, 1.54) is 4.90 Å². The molecule has 230 valence electrons. The normalized spacial score (nSPS) is 12.6. The molecule has 1 atom stereocenters. The SMILES string of the molecule is C[C@@H](CCCN/C(=N/C(=O)OC(C)(C)C)NC(=O)OC(C)(C)C)C(=O)NCCN(C)C(=O)Oc1ccc(CCl)cc1. The Hall–Kier alpha value is -3.54. The van der Waals surface area contributed by atoms with Crippen molar-refractivity contribution in [1.82, 2.24) is 20.9 Å². The Labute approximate surface area is 247 Å². The molecule has 1 aromatic carbocycles. The van der Waals surface area contributed by atoms with E-state index in [4.69, 9.17) is 25.8 Å². The van der Waals surface area contributed by atoms with Crippen LogP contribution in [-0.2, 0) is 20.1 Å². The maximum Gasteiger partial charge on any atom is 0.437 e. The summed E-state index contributed by atoms with van der Waals surface area (Å²) in [5.41, 5.74) is -0.582. The van der Waals surface area contributed by atoms with Crippen molar-refractivity contribution in [3.63, 3.8) is 0 Å². The van der Waals surface area contributed by atoms with Crippen LogP contribution in [0, 0.1) is 5.92 Å². The molecule has 1 rings (SSSR count). The maximum absolute atomic E-state index is 12.5. The number of amides is 4. The first-order valence-electron chi connectivity index (χ1n) is 13.4. The minimum atomic E-state index is -0.873. The third-order valence-electron chi connectivity index (χ3n) is 5.11. The average Bonchev–Trinajstić information content (AvgIpc) is 2.84. The topological polar surface area (TPSA) is 148 Å². The second-order valence-electron chi connectivity index (χ2n) is 11.4. The van der Waals surface area contributed by atoms with Gasteiger partial charge in [-0.3, -0.25) is 10.1 Å². The number of rotatable bonds is 10. The highest BCUT2D eigenvalue weighted by molar-refractivity contribution is 6.17. The van der Waals surface area contributed by atoms with Crippen LogP contribution in [0.4, 0.5) is 14.4 Å². The summed E-state index contributed by atoms with van der Waals surface area (Å²) in [6.07, 6.45) is -1.14. The number of guanidine groups is 1. The zero-order valence-electron chi connectivity index (χ0n) is 25.3. The molecule has 12 nitrogen and oxygen atoms in total. The lowest BCUT2D eigenvalue weighted by atomic mass is 10.0. The van der Waals surface area contributed by atoms with Gasteiger partial charge in [0.2, 0.25) is 11.9 Å². The van der Waals surface area contributed by atoms with Crippen LogP contribution < -0.4 is 20.7 Å². The van der Waals surface area contributed by atoms with E-state index >= 15 is 0 Å². The van der Waals surface area contributed by atoms with Crippen molar-refractivity contribution < 1.29 is 33.4 Å². The van der Waals surface area contributed by atoms with Crippen LogP contribution in [0.15, 0.2) is 29.3 Å². The molecule has 13 heteroatoms. The minimum absolute atomic E-state index is 0.115. The molecule has 3 N–H and O–H groups in total. The van der Waals surface area contributed by atoms with Gasteiger partial charge in [0.25, 0.3) is 0 Å². The van der Waals surface area contributed by atoms with Gasteiger partial charge in [0, 0.05) is 38.5 Å². The number of halogens is 1. The van der Waals surface area contributed by atoms with Gasteiger partial charge in [-0.25, -0.2) is 14.4 Å². The smallest absolute Gasteiger partial charge is 0.437 e. The summed E-state index contributed by atoms with van der Waals surface area (Å²) >= 11 is 5.76. The van der Waals surface area contributed by atoms with Crippen LogP contribution in [0.3, 0.4) is 0 Å². The first-order chi connectivity index (χ1) is 19.0. The molecule has 0 unspecified atom stereocenters. The van der Waals surface area contributed by atoms with Gasteiger partial charge < -0.3 is 29.7 Å². The predicted molar refractivity (Wildman–Crippen MR) is 157 cm³/mol. The Morgan fingerprint density at radius 2 is 1.56 bits per heavy atom. The molecule has 0 radical (unpaired) electrons. The maximum atomic E-state index is 12.5. The average molecular weight is 598 g/mol. The highest BCUT2D eigenvalue weighted by atomic mass is 35.5. The predicted octanol–water partition coefficient (Wildman–Crippen LogP) is 4.79. The lowest BCUT2D eigenvalue weighted by Crippen LogP contribution is -2.44. The molecule has 4 amide bonds. The Balaban J connectivity index is 2.48. The Bertz CT molecular complexity index is 1050. The summed E-state index contributed by atoms with van der Waals surface area (Å²) in [4.78, 5) is 54.2. The minimum Gasteiger partial charge on any atom is -0.444 e. The molecule has 0 saturated carbocycles. The number of ether oxygens (including phenoxy) is 3. The van der Waals surface area contributed by atoms with Gasteiger partial charge in [-0.15, -0.1) is 16.6 Å². The van der Waals surface area contributed by atoms with Crippen molar-refractivity contribution in [1.29, 1.82) is 0 Å². The largest absolute Gasteiger partial charge is 0.444 e. The Kier molecular flexibility index (Phi) is 14.4. The van der Waals surface area contributed by atoms with Gasteiger partial charge in [-0.05, 0) is 72.1 Å². The molecule has 0 aliphatic rings. The van der Waals surface area contributed by atoms with Crippen molar-refractivity contribution in [2.45, 2.75) is 78.4 Å². The number of alkyl halides is 1. The number of nitrogens with one attached hydrogen (secondary N) is 3. The van der Waals surface area contributed by atoms with Crippen molar-refractivity contribution in [3.8, 4) is 5.75 Å². The van der Waals surface area contributed by atoms with Gasteiger partial charge in [-0.1, -0.05) is 19.1 Å². The summed E-state index contributed by atoms with van der Waals surface area (Å²) in [7, 11) is 1.58. The van der Waals surface area contributed by atoms with Crippen LogP contribution in [0.2, 0.25) is 0 Å². The van der Waals surface area contributed by atoms with Gasteiger partial charge in [0.15, 0.2) is 0 Å². The molecule has 0 fully saturated rings. The van der Waals surface area contributed by atoms with E-state index in [1.54, 1.807) is 79.8 Å². The number of hydrogen-bond acceptors (Lipinski definition) is 7. The second-order valence-corrected chi connectivity index (χ2v) is 11.7. The van der Waals surface area contributed by atoms with Crippen molar-refractivity contribution in [2.75, 3.05) is 26.7 Å². The fraction of sp³-hybridized carbons (Fsp3) is 0.607. The lowest BCUT2D eigenvalue weighted by Gasteiger charge is -2.21. The number of hydrogen-bond donors (Lipinski definition) is 3. The van der Waals surface area contributed by atoms with Gasteiger partial charge >= 0.3 is 18.3 Å². The summed E-state index contributed by atoms with van der Waals surface area (Å²) in [6, 6.07) is 6.89. The summed E-state index contributed by atoms with van der Waals surface area (Å²) in [5.74, 6) is 0.174. The van der Waals surface area contributed by atoms with Crippen LogP contribution in [0.1, 0.15) is 66.9 Å². The molecule has 0 spiro atoms. The van der Waals surface area contributed by atoms with Crippen molar-refractivity contribution in [2.24, 2.45) is 10.9 Å². The highest BCUT2D eigenvalue weighted by Crippen LogP contribution is 2.14. The Morgan fingerprint density at radius 3 is 2.12 bits per heavy atom. The van der Waals surface area contributed by atoms with Crippen molar-refractivity contribution >= 4 is 41.7 Å². The summed E-state index contributed by atoms with van der Waals surface area (Å²) in [5, 5.41) is 8.11. The van der Waals surface area contributed by atoms with E-state index in [0.29, 0.717) is 31.0 Å². The highest BCUT2D eigenvalue weighted by Gasteiger charge is 2.21. The lowest BCUT2D eigenvalue weighted by molar-refractivity contribution is -0.124. The monoisotopic (exact) mass is 597 g/mol. The first-order valence-corrected chi connectivity index (χ1v) is 13.9.